The van der Waals surface area contributed by atoms with Gasteiger partial charge in [-0.1, -0.05) is 6.07 Å². The Morgan fingerprint density at radius 1 is 1.27 bits per heavy atom. The van der Waals surface area contributed by atoms with E-state index in [1.807, 2.05) is 0 Å². The van der Waals surface area contributed by atoms with Gasteiger partial charge in [-0.05, 0) is 41.5 Å². The SMILES string of the molecule is CN(O)C(=O)NCCCCNC(=O)Nc1cccc(-n2nnnc2S)c1. The predicted molar refractivity (Wildman–Crippen MR) is 95.6 cm³/mol. The molecule has 0 aliphatic carbocycles. The van der Waals surface area contributed by atoms with Gasteiger partial charge < -0.3 is 16.0 Å². The van der Waals surface area contributed by atoms with E-state index in [4.69, 9.17) is 5.21 Å². The largest absolute Gasteiger partial charge is 0.340 e. The molecular formula is C14H20N8O3S. The number of hydrogen-bond donors (Lipinski definition) is 5. The first kappa shape index (κ1) is 19.5. The minimum absolute atomic E-state index is 0.339. The highest BCUT2D eigenvalue weighted by molar-refractivity contribution is 7.80. The van der Waals surface area contributed by atoms with Crippen LogP contribution in [0, 0.1) is 0 Å². The van der Waals surface area contributed by atoms with Crippen molar-refractivity contribution >= 4 is 30.4 Å². The Morgan fingerprint density at radius 3 is 2.65 bits per heavy atom. The standard InChI is InChI=1S/C14H20N8O3S/c1-21(25)13(24)16-8-3-2-7-15-12(23)17-10-5-4-6-11(9-10)22-14(26)18-19-20-22/h4-6,9,25H,2-3,7-8H2,1H3,(H,16,24)(H2,15,17,23)(H,18,20,26). The molecule has 0 spiro atoms. The first-order valence-electron chi connectivity index (χ1n) is 7.80. The summed E-state index contributed by atoms with van der Waals surface area (Å²) in [5, 5.41) is 28.7. The molecule has 26 heavy (non-hydrogen) atoms. The predicted octanol–water partition coefficient (Wildman–Crippen LogP) is 0.883. The lowest BCUT2D eigenvalue weighted by Gasteiger charge is -2.11. The van der Waals surface area contributed by atoms with Crippen LogP contribution in [-0.4, -0.2) is 62.7 Å². The molecule has 4 N–H and O–H groups in total. The Morgan fingerprint density at radius 2 is 2.00 bits per heavy atom. The van der Waals surface area contributed by atoms with Crippen molar-refractivity contribution in [2.75, 3.05) is 25.5 Å². The summed E-state index contributed by atoms with van der Waals surface area (Å²) in [5.41, 5.74) is 1.25. The van der Waals surface area contributed by atoms with Crippen molar-refractivity contribution in [1.29, 1.82) is 0 Å². The van der Waals surface area contributed by atoms with Crippen molar-refractivity contribution in [2.24, 2.45) is 0 Å². The number of aromatic nitrogens is 4. The first-order chi connectivity index (χ1) is 12.5. The maximum atomic E-state index is 11.9. The van der Waals surface area contributed by atoms with Crippen molar-refractivity contribution in [3.8, 4) is 5.69 Å². The molecule has 0 atom stereocenters. The van der Waals surface area contributed by atoms with E-state index in [-0.39, 0.29) is 6.03 Å². The maximum absolute atomic E-state index is 11.9. The normalized spacial score (nSPS) is 10.3. The number of hydroxylamine groups is 2. The molecule has 2 aromatic rings. The quantitative estimate of drug-likeness (QED) is 0.209. The summed E-state index contributed by atoms with van der Waals surface area (Å²) in [6.45, 7) is 0.858. The van der Waals surface area contributed by atoms with E-state index in [0.29, 0.717) is 47.5 Å². The fraction of sp³-hybridized carbons (Fsp3) is 0.357. The molecule has 1 heterocycles. The number of rotatable bonds is 7. The van der Waals surface area contributed by atoms with Gasteiger partial charge in [-0.3, -0.25) is 5.21 Å². The molecule has 0 bridgehead atoms. The Labute approximate surface area is 155 Å². The first-order valence-corrected chi connectivity index (χ1v) is 8.25. The summed E-state index contributed by atoms with van der Waals surface area (Å²) in [4.78, 5) is 23.0. The topological polar surface area (TPSA) is 137 Å². The van der Waals surface area contributed by atoms with Gasteiger partial charge in [0.2, 0.25) is 5.16 Å². The molecule has 1 aromatic carbocycles. The van der Waals surface area contributed by atoms with Crippen LogP contribution >= 0.6 is 12.6 Å². The number of carbonyl (C=O) groups is 2. The zero-order chi connectivity index (χ0) is 18.9. The number of unbranched alkanes of at least 4 members (excludes halogenated alkanes) is 1. The van der Waals surface area contributed by atoms with E-state index in [0.717, 1.165) is 0 Å². The van der Waals surface area contributed by atoms with E-state index in [9.17, 15) is 9.59 Å². The second-order valence-electron chi connectivity index (χ2n) is 5.28. The van der Waals surface area contributed by atoms with Crippen LogP contribution in [0.5, 0.6) is 0 Å². The van der Waals surface area contributed by atoms with Crippen molar-refractivity contribution in [3.05, 3.63) is 24.3 Å². The number of hydrogen-bond acceptors (Lipinski definition) is 7. The number of nitrogens with zero attached hydrogens (tertiary/aromatic N) is 5. The van der Waals surface area contributed by atoms with Crippen LogP contribution in [0.4, 0.5) is 15.3 Å². The molecule has 0 aliphatic heterocycles. The van der Waals surface area contributed by atoms with Crippen LogP contribution in [-0.2, 0) is 0 Å². The fourth-order valence-electron chi connectivity index (χ4n) is 2.00. The van der Waals surface area contributed by atoms with Crippen LogP contribution in [0.1, 0.15) is 12.8 Å². The molecule has 0 saturated carbocycles. The summed E-state index contributed by atoms with van der Waals surface area (Å²) in [6.07, 6.45) is 1.34. The van der Waals surface area contributed by atoms with Gasteiger partial charge in [0.25, 0.3) is 0 Å². The highest BCUT2D eigenvalue weighted by atomic mass is 32.1. The third-order valence-corrected chi connectivity index (χ3v) is 3.54. The average Bonchev–Trinajstić information content (AvgIpc) is 3.04. The van der Waals surface area contributed by atoms with Gasteiger partial charge in [0.15, 0.2) is 0 Å². The van der Waals surface area contributed by atoms with Crippen LogP contribution in [0.25, 0.3) is 5.69 Å². The monoisotopic (exact) mass is 380 g/mol. The van der Waals surface area contributed by atoms with Crippen LogP contribution < -0.4 is 16.0 Å². The van der Waals surface area contributed by atoms with E-state index in [2.05, 4.69) is 44.1 Å². The number of thiol groups is 1. The molecule has 2 rings (SSSR count). The Kier molecular flexibility index (Phi) is 7.17. The second kappa shape index (κ2) is 9.58. The van der Waals surface area contributed by atoms with Gasteiger partial charge in [0.1, 0.15) is 0 Å². The van der Waals surface area contributed by atoms with Crippen LogP contribution in [0.3, 0.4) is 0 Å². The van der Waals surface area contributed by atoms with Gasteiger partial charge >= 0.3 is 12.1 Å². The van der Waals surface area contributed by atoms with E-state index in [1.54, 1.807) is 24.3 Å². The Balaban J connectivity index is 1.72. The lowest BCUT2D eigenvalue weighted by molar-refractivity contribution is -0.0182. The van der Waals surface area contributed by atoms with Crippen LogP contribution in [0.15, 0.2) is 29.4 Å². The number of amides is 4. The molecule has 4 amide bonds. The van der Waals surface area contributed by atoms with Crippen molar-refractivity contribution < 1.29 is 14.8 Å². The smallest absolute Gasteiger partial charge is 0.338 e. The number of anilines is 1. The van der Waals surface area contributed by atoms with E-state index >= 15 is 0 Å². The Hall–Kier alpha value is -2.86. The molecule has 0 radical (unpaired) electrons. The summed E-state index contributed by atoms with van der Waals surface area (Å²) in [5.74, 6) is 0. The van der Waals surface area contributed by atoms with Gasteiger partial charge in [0, 0.05) is 25.8 Å². The van der Waals surface area contributed by atoms with Gasteiger partial charge in [-0.15, -0.1) is 17.7 Å². The minimum atomic E-state index is -0.567. The summed E-state index contributed by atoms with van der Waals surface area (Å²) in [7, 11) is 1.24. The third-order valence-electron chi connectivity index (χ3n) is 3.26. The molecule has 0 saturated heterocycles. The molecular weight excluding hydrogens is 360 g/mol. The highest BCUT2D eigenvalue weighted by Crippen LogP contribution is 2.15. The van der Waals surface area contributed by atoms with Crippen molar-refractivity contribution in [3.63, 3.8) is 0 Å². The fourth-order valence-corrected chi connectivity index (χ4v) is 2.20. The van der Waals surface area contributed by atoms with Gasteiger partial charge in [-0.25, -0.2) is 14.7 Å². The molecule has 0 aliphatic rings. The Bertz CT molecular complexity index is 751. The third kappa shape index (κ3) is 5.89. The summed E-state index contributed by atoms with van der Waals surface area (Å²) >= 11 is 4.15. The molecule has 0 fully saturated rings. The van der Waals surface area contributed by atoms with Gasteiger partial charge in [0.05, 0.1) is 5.69 Å². The van der Waals surface area contributed by atoms with Crippen molar-refractivity contribution in [2.45, 2.75) is 18.0 Å². The molecule has 12 heteroatoms. The lowest BCUT2D eigenvalue weighted by atomic mass is 10.3. The molecule has 0 unspecified atom stereocenters. The molecule has 140 valence electrons. The van der Waals surface area contributed by atoms with Crippen LogP contribution in [0.2, 0.25) is 0 Å². The van der Waals surface area contributed by atoms with E-state index in [1.165, 1.54) is 11.7 Å². The number of carbonyl (C=O) groups excluding carboxylic acids is 2. The number of nitrogens with one attached hydrogen (secondary N) is 3. The van der Waals surface area contributed by atoms with E-state index < -0.39 is 6.03 Å². The lowest BCUT2D eigenvalue weighted by Crippen LogP contribution is -2.35. The zero-order valence-electron chi connectivity index (χ0n) is 14.1. The molecule has 1 aromatic heterocycles. The second-order valence-corrected chi connectivity index (χ2v) is 5.68. The number of benzene rings is 1. The molecule has 11 nitrogen and oxygen atoms in total. The maximum Gasteiger partial charge on any atom is 0.340 e. The average molecular weight is 380 g/mol. The zero-order valence-corrected chi connectivity index (χ0v) is 15.0. The van der Waals surface area contributed by atoms with Crippen molar-refractivity contribution in [1.82, 2.24) is 35.9 Å². The highest BCUT2D eigenvalue weighted by Gasteiger charge is 2.07. The minimum Gasteiger partial charge on any atom is -0.338 e. The summed E-state index contributed by atoms with van der Waals surface area (Å²) < 4.78 is 1.43. The summed E-state index contributed by atoms with van der Waals surface area (Å²) in [6, 6.07) is 6.10. The number of tetrazole rings is 1. The van der Waals surface area contributed by atoms with Gasteiger partial charge in [-0.2, -0.15) is 4.68 Å². The number of urea groups is 2.